The predicted octanol–water partition coefficient (Wildman–Crippen LogP) is 2.75. The monoisotopic (exact) mass is 269 g/mol. The van der Waals surface area contributed by atoms with Crippen molar-refractivity contribution in [1.82, 2.24) is 5.32 Å². The third-order valence-electron chi connectivity index (χ3n) is 4.62. The van der Waals surface area contributed by atoms with Crippen molar-refractivity contribution in [2.24, 2.45) is 5.41 Å². The molecule has 2 atom stereocenters. The van der Waals surface area contributed by atoms with Crippen LogP contribution in [0.5, 0.6) is 0 Å². The molecule has 0 radical (unpaired) electrons. The molecule has 1 aromatic carbocycles. The van der Waals surface area contributed by atoms with Gasteiger partial charge >= 0.3 is 0 Å². The first-order chi connectivity index (χ1) is 8.63. The molecular formula is C14H17ClFNO. The molecule has 2 fully saturated rings. The van der Waals surface area contributed by atoms with Gasteiger partial charge in [-0.3, -0.25) is 0 Å². The van der Waals surface area contributed by atoms with Gasteiger partial charge in [-0.1, -0.05) is 17.7 Å². The summed E-state index contributed by atoms with van der Waals surface area (Å²) in [5.74, 6) is -0.344. The van der Waals surface area contributed by atoms with Crippen LogP contribution < -0.4 is 5.32 Å². The average Bonchev–Trinajstić information content (AvgIpc) is 3.03. The van der Waals surface area contributed by atoms with E-state index in [0.29, 0.717) is 0 Å². The van der Waals surface area contributed by atoms with Gasteiger partial charge in [-0.05, 0) is 37.1 Å². The van der Waals surface area contributed by atoms with Gasteiger partial charge in [0, 0.05) is 24.5 Å². The lowest BCUT2D eigenvalue weighted by Gasteiger charge is -2.31. The predicted molar refractivity (Wildman–Crippen MR) is 69.5 cm³/mol. The third kappa shape index (κ3) is 1.61. The summed E-state index contributed by atoms with van der Waals surface area (Å²) in [7, 11) is 1.74. The van der Waals surface area contributed by atoms with E-state index >= 15 is 0 Å². The minimum Gasteiger partial charge on any atom is -0.384 e. The maximum absolute atomic E-state index is 13.3. The molecule has 3 rings (SSSR count). The van der Waals surface area contributed by atoms with Crippen LogP contribution in [0.25, 0.3) is 0 Å². The summed E-state index contributed by atoms with van der Waals surface area (Å²) in [6.45, 7) is 2.71. The molecule has 98 valence electrons. The van der Waals surface area contributed by atoms with Crippen LogP contribution in [-0.2, 0) is 10.2 Å². The zero-order valence-corrected chi connectivity index (χ0v) is 11.2. The number of hydrogen-bond donors (Lipinski definition) is 1. The minimum atomic E-state index is -0.344. The number of nitrogens with one attached hydrogen (secondary N) is 1. The molecule has 4 heteroatoms. The topological polar surface area (TPSA) is 21.3 Å². The van der Waals surface area contributed by atoms with Crippen LogP contribution in [0, 0.1) is 11.2 Å². The third-order valence-corrected chi connectivity index (χ3v) is 4.90. The lowest BCUT2D eigenvalue weighted by Crippen LogP contribution is -2.40. The molecule has 1 aliphatic heterocycles. The number of benzene rings is 1. The van der Waals surface area contributed by atoms with Gasteiger partial charge < -0.3 is 10.1 Å². The Balaban J connectivity index is 1.97. The van der Waals surface area contributed by atoms with Crippen molar-refractivity contribution in [3.05, 3.63) is 34.6 Å². The fraction of sp³-hybridized carbons (Fsp3) is 0.571. The summed E-state index contributed by atoms with van der Waals surface area (Å²) in [6.07, 6.45) is 2.17. The van der Waals surface area contributed by atoms with Crippen molar-refractivity contribution < 1.29 is 9.13 Å². The van der Waals surface area contributed by atoms with E-state index in [1.165, 1.54) is 6.07 Å². The lowest BCUT2D eigenvalue weighted by molar-refractivity contribution is 0.116. The number of methoxy groups -OCH3 is 1. The first-order valence-electron chi connectivity index (χ1n) is 6.29. The average molecular weight is 270 g/mol. The smallest absolute Gasteiger partial charge is 0.141 e. The van der Waals surface area contributed by atoms with Crippen molar-refractivity contribution in [1.29, 1.82) is 0 Å². The van der Waals surface area contributed by atoms with Crippen molar-refractivity contribution in [3.8, 4) is 0 Å². The lowest BCUT2D eigenvalue weighted by atomic mass is 9.81. The number of hydrogen-bond acceptors (Lipinski definition) is 2. The fourth-order valence-electron chi connectivity index (χ4n) is 3.61. The second-order valence-electron chi connectivity index (χ2n) is 5.53. The van der Waals surface area contributed by atoms with Gasteiger partial charge in [-0.15, -0.1) is 0 Å². The van der Waals surface area contributed by atoms with Gasteiger partial charge in [-0.2, -0.15) is 0 Å². The van der Waals surface area contributed by atoms with Gasteiger partial charge in [0.15, 0.2) is 0 Å². The largest absolute Gasteiger partial charge is 0.384 e. The molecule has 1 heterocycles. The highest BCUT2D eigenvalue weighted by atomic mass is 35.5. The molecule has 18 heavy (non-hydrogen) atoms. The van der Waals surface area contributed by atoms with Gasteiger partial charge in [-0.25, -0.2) is 4.39 Å². The van der Waals surface area contributed by atoms with Crippen LogP contribution in [-0.4, -0.2) is 26.8 Å². The normalized spacial score (nSPS) is 34.2. The Labute approximate surface area is 111 Å². The molecule has 0 bridgehead atoms. The highest BCUT2D eigenvalue weighted by Gasteiger charge is 2.68. The zero-order valence-electron chi connectivity index (χ0n) is 10.4. The van der Waals surface area contributed by atoms with E-state index < -0.39 is 0 Å². The van der Waals surface area contributed by atoms with Gasteiger partial charge in [0.05, 0.1) is 11.6 Å². The van der Waals surface area contributed by atoms with Crippen LogP contribution in [0.15, 0.2) is 18.2 Å². The van der Waals surface area contributed by atoms with E-state index in [1.54, 1.807) is 13.2 Å². The standard InChI is InChI=1S/C14H17ClFNO/c1-18-9-13-7-14(13,4-5-17-8-13)10-2-3-12(16)11(15)6-10/h2-3,6,17H,4-5,7-9H2,1H3/t13?,14-/m1/s1. The number of rotatable bonds is 3. The molecule has 1 aromatic rings. The molecule has 0 aromatic heterocycles. The molecule has 2 nitrogen and oxygen atoms in total. The molecule has 1 saturated carbocycles. The number of halogens is 2. The van der Waals surface area contributed by atoms with Crippen LogP contribution >= 0.6 is 11.6 Å². The summed E-state index contributed by atoms with van der Waals surface area (Å²) in [5, 5.41) is 3.66. The van der Waals surface area contributed by atoms with Gasteiger partial charge in [0.1, 0.15) is 5.82 Å². The SMILES string of the molecule is COCC12CNCC[C@]1(c1ccc(F)c(Cl)c1)C2. The van der Waals surface area contributed by atoms with Gasteiger partial charge in [0.25, 0.3) is 0 Å². The van der Waals surface area contributed by atoms with Crippen LogP contribution in [0.2, 0.25) is 5.02 Å². The summed E-state index contributed by atoms with van der Waals surface area (Å²) in [4.78, 5) is 0. The molecule has 0 amide bonds. The first-order valence-corrected chi connectivity index (χ1v) is 6.67. The Kier molecular flexibility index (Phi) is 2.88. The van der Waals surface area contributed by atoms with Crippen LogP contribution in [0.3, 0.4) is 0 Å². The van der Waals surface area contributed by atoms with Crippen molar-refractivity contribution in [3.63, 3.8) is 0 Å². The Bertz CT molecular complexity index is 477. The molecule has 1 N–H and O–H groups in total. The molecule has 1 unspecified atom stereocenters. The minimum absolute atomic E-state index is 0.131. The molecule has 0 spiro atoms. The summed E-state index contributed by atoms with van der Waals surface area (Å²) >= 11 is 5.91. The van der Waals surface area contributed by atoms with Crippen molar-refractivity contribution in [2.75, 3.05) is 26.8 Å². The Morgan fingerprint density at radius 2 is 2.33 bits per heavy atom. The second kappa shape index (κ2) is 4.19. The first kappa shape index (κ1) is 12.4. The van der Waals surface area contributed by atoms with E-state index in [2.05, 4.69) is 5.32 Å². The van der Waals surface area contributed by atoms with Crippen molar-refractivity contribution in [2.45, 2.75) is 18.3 Å². The maximum Gasteiger partial charge on any atom is 0.141 e. The zero-order chi connectivity index (χ0) is 12.8. The Morgan fingerprint density at radius 1 is 1.50 bits per heavy atom. The van der Waals surface area contributed by atoms with E-state index in [1.807, 2.05) is 6.07 Å². The maximum atomic E-state index is 13.3. The molecule has 2 aliphatic rings. The van der Waals surface area contributed by atoms with E-state index in [0.717, 1.165) is 38.1 Å². The summed E-state index contributed by atoms with van der Waals surface area (Å²) < 4.78 is 18.7. The quantitative estimate of drug-likeness (QED) is 0.911. The van der Waals surface area contributed by atoms with E-state index in [-0.39, 0.29) is 21.7 Å². The molecular weight excluding hydrogens is 253 g/mol. The fourth-order valence-corrected chi connectivity index (χ4v) is 3.79. The number of piperidine rings is 1. The number of ether oxygens (including phenoxy) is 1. The second-order valence-corrected chi connectivity index (χ2v) is 5.94. The Hall–Kier alpha value is -0.640. The summed E-state index contributed by atoms with van der Waals surface area (Å²) in [5.41, 5.74) is 1.46. The summed E-state index contributed by atoms with van der Waals surface area (Å²) in [6, 6.07) is 5.15. The van der Waals surface area contributed by atoms with E-state index in [9.17, 15) is 4.39 Å². The highest BCUT2D eigenvalue weighted by Crippen LogP contribution is 2.67. The van der Waals surface area contributed by atoms with Crippen LogP contribution in [0.1, 0.15) is 18.4 Å². The van der Waals surface area contributed by atoms with E-state index in [4.69, 9.17) is 16.3 Å². The molecule has 1 aliphatic carbocycles. The Morgan fingerprint density at radius 3 is 3.06 bits per heavy atom. The number of fused-ring (bicyclic) bond motifs is 1. The van der Waals surface area contributed by atoms with Crippen molar-refractivity contribution >= 4 is 11.6 Å². The van der Waals surface area contributed by atoms with Crippen LogP contribution in [0.4, 0.5) is 4.39 Å². The van der Waals surface area contributed by atoms with Gasteiger partial charge in [0.2, 0.25) is 0 Å². The molecule has 1 saturated heterocycles. The highest BCUT2D eigenvalue weighted by molar-refractivity contribution is 6.30.